The lowest BCUT2D eigenvalue weighted by atomic mass is 9.94. The number of aliphatic carboxylic acids is 2. The van der Waals surface area contributed by atoms with Crippen molar-refractivity contribution in [1.29, 1.82) is 0 Å². The topological polar surface area (TPSA) is 389 Å². The number of aliphatic hydroxyl groups excluding tert-OH is 9. The first-order valence-corrected chi connectivity index (χ1v) is 17.1. The Kier molecular flexibility index (Phi) is 16.0. The largest absolute Gasteiger partial charge is 0.479 e. The van der Waals surface area contributed by atoms with Crippen molar-refractivity contribution in [3.8, 4) is 0 Å². The molecule has 0 saturated carbocycles. The van der Waals surface area contributed by atoms with Crippen LogP contribution >= 0.6 is 0 Å². The number of hydrogen-bond acceptors (Lipinski definition) is 21. The van der Waals surface area contributed by atoms with E-state index in [1.54, 1.807) is 0 Å². The van der Waals surface area contributed by atoms with Crippen molar-refractivity contribution in [3.63, 3.8) is 0 Å². The maximum atomic E-state index is 12.4. The molecule has 4 aliphatic rings. The molecule has 0 unspecified atom stereocenters. The summed E-state index contributed by atoms with van der Waals surface area (Å²) in [5, 5.41) is 119. The monoisotopic (exact) mass is 816 g/mol. The fourth-order valence-corrected chi connectivity index (χ4v) is 6.50. The summed E-state index contributed by atoms with van der Waals surface area (Å²) in [6, 6.07) is -3.05. The van der Waals surface area contributed by atoms with Crippen LogP contribution < -0.4 is 10.6 Å². The van der Waals surface area contributed by atoms with Gasteiger partial charge in [0.25, 0.3) is 0 Å². The lowest BCUT2D eigenvalue weighted by Crippen LogP contribution is -2.69. The van der Waals surface area contributed by atoms with Gasteiger partial charge in [0.15, 0.2) is 37.4 Å². The van der Waals surface area contributed by atoms with Gasteiger partial charge in [0.05, 0.1) is 19.8 Å². The van der Waals surface area contributed by atoms with Crippen LogP contribution in [-0.4, -0.2) is 222 Å². The number of aliphatic hydroxyl groups is 9. The van der Waals surface area contributed by atoms with E-state index in [1.807, 2.05) is 0 Å². The number of hydrogen-bond donors (Lipinski definition) is 13. The number of amides is 2. The van der Waals surface area contributed by atoms with Crippen LogP contribution in [0.3, 0.4) is 0 Å². The summed E-state index contributed by atoms with van der Waals surface area (Å²) in [6.07, 6.45) is -33.4. The fraction of sp³-hybridized carbons (Fsp3) is 0.806. The van der Waals surface area contributed by atoms with Crippen molar-refractivity contribution in [1.82, 2.24) is 10.6 Å². The third-order valence-electron chi connectivity index (χ3n) is 9.28. The first-order valence-electron chi connectivity index (χ1n) is 17.1. The van der Waals surface area contributed by atoms with Gasteiger partial charge >= 0.3 is 11.9 Å². The zero-order valence-electron chi connectivity index (χ0n) is 29.8. The van der Waals surface area contributed by atoms with Crippen LogP contribution in [0.25, 0.3) is 0 Å². The van der Waals surface area contributed by atoms with Gasteiger partial charge in [-0.05, 0) is 0 Å². The van der Waals surface area contributed by atoms with E-state index in [2.05, 4.69) is 17.2 Å². The predicted molar refractivity (Wildman–Crippen MR) is 172 cm³/mol. The predicted octanol–water partition coefficient (Wildman–Crippen LogP) is -8.07. The van der Waals surface area contributed by atoms with Crippen molar-refractivity contribution >= 4 is 23.8 Å². The van der Waals surface area contributed by atoms with Gasteiger partial charge in [0, 0.05) is 13.8 Å². The van der Waals surface area contributed by atoms with Gasteiger partial charge in [-0.1, -0.05) is 6.08 Å². The molecule has 56 heavy (non-hydrogen) atoms. The average molecular weight is 817 g/mol. The highest BCUT2D eigenvalue weighted by atomic mass is 16.8. The molecule has 4 rings (SSSR count). The molecule has 0 aromatic carbocycles. The smallest absolute Gasteiger partial charge is 0.335 e. The first kappa shape index (κ1) is 45.6. The molecule has 2 amide bonds. The third kappa shape index (κ3) is 10.1. The van der Waals surface area contributed by atoms with E-state index in [4.69, 9.17) is 37.9 Å². The molecule has 320 valence electrons. The molecule has 25 heteroatoms. The number of nitrogens with one attached hydrogen (secondary N) is 2. The molecular formula is C31H48N2O23. The maximum absolute atomic E-state index is 12.4. The molecular weight excluding hydrogens is 768 g/mol. The van der Waals surface area contributed by atoms with Crippen LogP contribution in [0, 0.1) is 0 Å². The van der Waals surface area contributed by atoms with E-state index in [0.29, 0.717) is 0 Å². The molecule has 4 saturated heterocycles. The SMILES string of the molecule is C=CCO[C@@H]1O[C@H](CO[C@@H]2O[C@H](CO)[C@H](O)[C@H](O[C@@H]3O[C@H](C(=O)O)[C@@H](O)[C@H](O)[C@H]3O)[C@H]2NC(C)=O)[C@H](O)[C@H](O[C@@H]2O[C@H](C(=O)O)[C@@H](O)[C@H](O)[C@H]2O)[C@H]1NC(C)=O. The molecule has 13 N–H and O–H groups in total. The van der Waals surface area contributed by atoms with Crippen LogP contribution in [0.4, 0.5) is 0 Å². The standard InChI is InChI=1S/C31H48N2O23/c1-4-5-49-28-12(32-8(2)35)23(54-31-21(44)17(40)19(42)25(56-31)27(47)48)15(38)11(52-28)7-50-29-13(33-9(3)36)22(14(37)10(6-34)51-29)53-30-20(43)16(39)18(41)24(55-30)26(45)46/h4,10-25,28-31,34,37-44H,1,5-7H2,2-3H3,(H,32,35)(H,33,36)(H,45,46)(H,47,48)/t10-,11-,12-,13-,14+,15+,16+,17+,18+,19+,20-,21-,22-,23-,24+,25+,28-,29-,30-,31-/m1/s1. The number of ether oxygens (including phenoxy) is 8. The van der Waals surface area contributed by atoms with Gasteiger partial charge in [-0.3, -0.25) is 9.59 Å². The lowest BCUT2D eigenvalue weighted by molar-refractivity contribution is -0.352. The quantitative estimate of drug-likeness (QED) is 0.0683. The van der Waals surface area contributed by atoms with Crippen molar-refractivity contribution in [2.75, 3.05) is 19.8 Å². The van der Waals surface area contributed by atoms with Crippen LogP contribution in [0.1, 0.15) is 13.8 Å². The number of carboxylic acids is 2. The number of carboxylic acid groups (broad SMARTS) is 2. The molecule has 0 spiro atoms. The Morgan fingerprint density at radius 1 is 0.589 bits per heavy atom. The summed E-state index contributed by atoms with van der Waals surface area (Å²) in [7, 11) is 0. The molecule has 25 nitrogen and oxygen atoms in total. The number of carbonyl (C=O) groups is 4. The minimum Gasteiger partial charge on any atom is -0.479 e. The summed E-state index contributed by atoms with van der Waals surface area (Å²) in [6.45, 7) is 3.76. The molecule has 0 aliphatic carbocycles. The second kappa shape index (κ2) is 19.6. The molecule has 20 atom stereocenters. The Bertz CT molecular complexity index is 1380. The van der Waals surface area contributed by atoms with E-state index in [0.717, 1.165) is 13.8 Å². The Labute approximate surface area is 316 Å². The van der Waals surface area contributed by atoms with E-state index < -0.39 is 160 Å². The Balaban J connectivity index is 1.63. The zero-order chi connectivity index (χ0) is 41.8. The lowest BCUT2D eigenvalue weighted by Gasteiger charge is -2.48. The second-order valence-electron chi connectivity index (χ2n) is 13.3. The summed E-state index contributed by atoms with van der Waals surface area (Å²) in [5.41, 5.74) is 0. The second-order valence-corrected chi connectivity index (χ2v) is 13.3. The maximum Gasteiger partial charge on any atom is 0.335 e. The number of rotatable bonds is 15. The summed E-state index contributed by atoms with van der Waals surface area (Å²) in [4.78, 5) is 48.0. The van der Waals surface area contributed by atoms with Gasteiger partial charge < -0.3 is 105 Å². The van der Waals surface area contributed by atoms with Crippen LogP contribution in [0.15, 0.2) is 12.7 Å². The van der Waals surface area contributed by atoms with Gasteiger partial charge in [-0.25, -0.2) is 9.59 Å². The summed E-state index contributed by atoms with van der Waals surface area (Å²) >= 11 is 0. The molecule has 4 fully saturated rings. The van der Waals surface area contributed by atoms with Gasteiger partial charge in [-0.2, -0.15) is 0 Å². The Morgan fingerprint density at radius 2 is 1.00 bits per heavy atom. The van der Waals surface area contributed by atoms with E-state index in [9.17, 15) is 75.3 Å². The Hall–Kier alpha value is -3.06. The van der Waals surface area contributed by atoms with E-state index in [-0.39, 0.29) is 6.61 Å². The van der Waals surface area contributed by atoms with Crippen LogP contribution in [0.5, 0.6) is 0 Å². The first-order chi connectivity index (χ1) is 26.3. The normalized spacial score (nSPS) is 44.3. The molecule has 0 bridgehead atoms. The van der Waals surface area contributed by atoms with E-state index in [1.165, 1.54) is 6.08 Å². The summed E-state index contributed by atoms with van der Waals surface area (Å²) < 4.78 is 44.9. The minimum atomic E-state index is -2.12. The van der Waals surface area contributed by atoms with Crippen LogP contribution in [-0.2, 0) is 57.1 Å². The van der Waals surface area contributed by atoms with Gasteiger partial charge in [0.1, 0.15) is 85.3 Å². The molecule has 0 radical (unpaired) electrons. The third-order valence-corrected chi connectivity index (χ3v) is 9.28. The van der Waals surface area contributed by atoms with Crippen molar-refractivity contribution in [2.24, 2.45) is 0 Å². The molecule has 0 aromatic rings. The van der Waals surface area contributed by atoms with E-state index >= 15 is 0 Å². The van der Waals surface area contributed by atoms with Gasteiger partial charge in [-0.15, -0.1) is 6.58 Å². The molecule has 0 aromatic heterocycles. The average Bonchev–Trinajstić information content (AvgIpc) is 3.13. The highest BCUT2D eigenvalue weighted by molar-refractivity contribution is 5.74. The highest BCUT2D eigenvalue weighted by Gasteiger charge is 2.55. The van der Waals surface area contributed by atoms with Crippen molar-refractivity contribution in [2.45, 2.75) is 137 Å². The van der Waals surface area contributed by atoms with Crippen molar-refractivity contribution < 1.29 is 113 Å². The number of carbonyl (C=O) groups excluding carboxylic acids is 2. The molecule has 4 aliphatic heterocycles. The highest BCUT2D eigenvalue weighted by Crippen LogP contribution is 2.33. The zero-order valence-corrected chi connectivity index (χ0v) is 29.8. The van der Waals surface area contributed by atoms with Crippen molar-refractivity contribution in [3.05, 3.63) is 12.7 Å². The Morgan fingerprint density at radius 3 is 1.39 bits per heavy atom. The van der Waals surface area contributed by atoms with Crippen LogP contribution in [0.2, 0.25) is 0 Å². The minimum absolute atomic E-state index is 0.222. The summed E-state index contributed by atoms with van der Waals surface area (Å²) in [5.74, 6) is -4.98. The molecule has 4 heterocycles. The fourth-order valence-electron chi connectivity index (χ4n) is 6.50. The van der Waals surface area contributed by atoms with Gasteiger partial charge in [0.2, 0.25) is 11.8 Å².